The van der Waals surface area contributed by atoms with Crippen LogP contribution in [0.1, 0.15) is 6.42 Å². The third-order valence-electron chi connectivity index (χ3n) is 3.29. The van der Waals surface area contributed by atoms with Gasteiger partial charge in [0.25, 0.3) is 5.24 Å². The van der Waals surface area contributed by atoms with E-state index in [0.29, 0.717) is 32.7 Å². The Balaban J connectivity index is 1.93. The molecule has 0 unspecified atom stereocenters. The van der Waals surface area contributed by atoms with Crippen molar-refractivity contribution in [3.63, 3.8) is 0 Å². The van der Waals surface area contributed by atoms with Gasteiger partial charge in [0, 0.05) is 32.8 Å². The predicted octanol–water partition coefficient (Wildman–Crippen LogP) is 0.741. The van der Waals surface area contributed by atoms with Crippen LogP contribution in [0.3, 0.4) is 0 Å². The van der Waals surface area contributed by atoms with Crippen molar-refractivity contribution in [1.29, 1.82) is 0 Å². The fourth-order valence-electron chi connectivity index (χ4n) is 2.36. The van der Waals surface area contributed by atoms with Crippen molar-refractivity contribution >= 4 is 22.9 Å². The van der Waals surface area contributed by atoms with Gasteiger partial charge in [0.2, 0.25) is 5.91 Å². The van der Waals surface area contributed by atoms with Gasteiger partial charge >= 0.3 is 0 Å². The number of methoxy groups -OCH3 is 1. The molecule has 0 aliphatic carbocycles. The Morgan fingerprint density at radius 3 is 2.89 bits per heavy atom. The maximum atomic E-state index is 13.4. The average molecular weight is 276 g/mol. The molecular formula is C11H17FN2O3S. The smallest absolute Gasteiger partial charge is 0.288 e. The van der Waals surface area contributed by atoms with Crippen LogP contribution in [0.4, 0.5) is 9.18 Å². The molecule has 0 saturated carbocycles. The van der Waals surface area contributed by atoms with Crippen LogP contribution in [0.5, 0.6) is 0 Å². The quantitative estimate of drug-likeness (QED) is 0.741. The summed E-state index contributed by atoms with van der Waals surface area (Å²) < 4.78 is 18.4. The largest absolute Gasteiger partial charge is 0.383 e. The van der Waals surface area contributed by atoms with E-state index in [4.69, 9.17) is 4.74 Å². The molecule has 102 valence electrons. The number of nitrogens with zero attached hydrogens (tertiary/aromatic N) is 2. The lowest BCUT2D eigenvalue weighted by Crippen LogP contribution is -2.43. The number of imide groups is 1. The Morgan fingerprint density at radius 1 is 1.50 bits per heavy atom. The molecule has 0 N–H and O–H groups in total. The van der Waals surface area contributed by atoms with E-state index < -0.39 is 6.17 Å². The maximum absolute atomic E-state index is 13.4. The van der Waals surface area contributed by atoms with Crippen LogP contribution in [0.15, 0.2) is 0 Å². The van der Waals surface area contributed by atoms with Gasteiger partial charge in [0.05, 0.1) is 12.4 Å². The highest BCUT2D eigenvalue weighted by atomic mass is 32.2. The third kappa shape index (κ3) is 3.02. The van der Waals surface area contributed by atoms with Gasteiger partial charge in [-0.05, 0) is 6.42 Å². The number of likely N-dealkylation sites (tertiary alicyclic amines) is 1. The summed E-state index contributed by atoms with van der Waals surface area (Å²) in [5.41, 5.74) is 0. The van der Waals surface area contributed by atoms with E-state index in [9.17, 15) is 14.0 Å². The Bertz CT molecular complexity index is 326. The van der Waals surface area contributed by atoms with Crippen LogP contribution in [0.2, 0.25) is 0 Å². The normalized spacial score (nSPS) is 29.6. The summed E-state index contributed by atoms with van der Waals surface area (Å²) in [4.78, 5) is 26.2. The number of thioether (sulfide) groups is 1. The molecule has 2 amide bonds. The second-order valence-corrected chi connectivity index (χ2v) is 5.46. The minimum atomic E-state index is -0.882. The number of carbonyl (C=O) groups is 2. The molecule has 0 aromatic carbocycles. The Labute approximate surface area is 110 Å². The molecule has 2 atom stereocenters. The zero-order chi connectivity index (χ0) is 13.1. The Morgan fingerprint density at radius 2 is 2.28 bits per heavy atom. The first kappa shape index (κ1) is 13.8. The molecule has 2 rings (SSSR count). The van der Waals surface area contributed by atoms with Crippen LogP contribution >= 0.6 is 11.8 Å². The molecule has 0 bridgehead atoms. The number of rotatable bonds is 5. The molecule has 7 heteroatoms. The minimum Gasteiger partial charge on any atom is -0.383 e. The van der Waals surface area contributed by atoms with Gasteiger partial charge in [0.1, 0.15) is 6.17 Å². The first-order valence-corrected chi connectivity index (χ1v) is 6.94. The van der Waals surface area contributed by atoms with Crippen molar-refractivity contribution in [3.8, 4) is 0 Å². The number of alkyl halides is 1. The lowest BCUT2D eigenvalue weighted by molar-refractivity contribution is -0.125. The van der Waals surface area contributed by atoms with Crippen LogP contribution < -0.4 is 0 Å². The summed E-state index contributed by atoms with van der Waals surface area (Å²) in [5, 5.41) is -0.214. The van der Waals surface area contributed by atoms with E-state index in [0.717, 1.165) is 11.8 Å². The summed E-state index contributed by atoms with van der Waals surface area (Å²) in [7, 11) is 1.60. The first-order chi connectivity index (χ1) is 8.61. The van der Waals surface area contributed by atoms with Gasteiger partial charge < -0.3 is 4.74 Å². The number of hydrogen-bond donors (Lipinski definition) is 0. The molecule has 2 aliphatic heterocycles. The topological polar surface area (TPSA) is 49.9 Å². The standard InChI is InChI=1S/C11H17FN2O3S/c1-17-3-2-13-5-8(12)4-9(13)6-14-10(15)7-18-11(14)16/h8-9H,2-7H2,1H3/t8-,9+/m1/s1. The molecule has 2 saturated heterocycles. The molecular weight excluding hydrogens is 259 g/mol. The van der Waals surface area contributed by atoms with Crippen molar-refractivity contribution in [3.05, 3.63) is 0 Å². The van der Waals surface area contributed by atoms with Crippen LogP contribution in [0, 0.1) is 0 Å². The molecule has 2 fully saturated rings. The van der Waals surface area contributed by atoms with Gasteiger partial charge in [-0.1, -0.05) is 11.8 Å². The number of halogens is 1. The second-order valence-electron chi connectivity index (χ2n) is 4.53. The van der Waals surface area contributed by atoms with Crippen LogP contribution in [-0.2, 0) is 9.53 Å². The molecule has 18 heavy (non-hydrogen) atoms. The number of carbonyl (C=O) groups excluding carboxylic acids is 2. The van der Waals surface area contributed by atoms with Crippen LogP contribution in [-0.4, -0.2) is 72.3 Å². The van der Waals surface area contributed by atoms with Gasteiger partial charge in [-0.15, -0.1) is 0 Å². The molecule has 0 spiro atoms. The predicted molar refractivity (Wildman–Crippen MR) is 66.3 cm³/mol. The first-order valence-electron chi connectivity index (χ1n) is 5.96. The SMILES string of the molecule is COCCN1C[C@H](F)C[C@H]1CN1C(=O)CSC1=O. The molecule has 2 heterocycles. The monoisotopic (exact) mass is 276 g/mol. The van der Waals surface area contributed by atoms with E-state index in [1.807, 2.05) is 4.90 Å². The van der Waals surface area contributed by atoms with Gasteiger partial charge in [0.15, 0.2) is 0 Å². The lowest BCUT2D eigenvalue weighted by atomic mass is 10.2. The highest BCUT2D eigenvalue weighted by Crippen LogP contribution is 2.25. The van der Waals surface area contributed by atoms with Gasteiger partial charge in [-0.25, -0.2) is 4.39 Å². The summed E-state index contributed by atoms with van der Waals surface area (Å²) in [6.45, 7) is 1.82. The summed E-state index contributed by atoms with van der Waals surface area (Å²) in [6.07, 6.45) is -0.502. The molecule has 2 aliphatic rings. The zero-order valence-corrected chi connectivity index (χ0v) is 11.1. The fourth-order valence-corrected chi connectivity index (χ4v) is 3.10. The lowest BCUT2D eigenvalue weighted by Gasteiger charge is -2.26. The number of amides is 2. The average Bonchev–Trinajstić information content (AvgIpc) is 2.84. The summed E-state index contributed by atoms with van der Waals surface area (Å²) >= 11 is 1.02. The van der Waals surface area contributed by atoms with E-state index in [-0.39, 0.29) is 22.9 Å². The molecule has 0 radical (unpaired) electrons. The number of ether oxygens (including phenoxy) is 1. The Hall–Kier alpha value is -0.660. The van der Waals surface area contributed by atoms with Crippen molar-refractivity contribution in [2.75, 3.05) is 39.1 Å². The summed E-state index contributed by atoms with van der Waals surface area (Å²) in [5.74, 6) is 0.0434. The van der Waals surface area contributed by atoms with E-state index in [1.165, 1.54) is 4.90 Å². The van der Waals surface area contributed by atoms with E-state index in [1.54, 1.807) is 7.11 Å². The fraction of sp³-hybridized carbons (Fsp3) is 0.818. The van der Waals surface area contributed by atoms with Crippen molar-refractivity contribution in [1.82, 2.24) is 9.80 Å². The van der Waals surface area contributed by atoms with Crippen molar-refractivity contribution in [2.45, 2.75) is 18.6 Å². The number of hydrogen-bond acceptors (Lipinski definition) is 5. The van der Waals surface area contributed by atoms with Crippen LogP contribution in [0.25, 0.3) is 0 Å². The van der Waals surface area contributed by atoms with E-state index in [2.05, 4.69) is 0 Å². The minimum absolute atomic E-state index is 0.0817. The highest BCUT2D eigenvalue weighted by Gasteiger charge is 2.38. The maximum Gasteiger partial charge on any atom is 0.288 e. The molecule has 5 nitrogen and oxygen atoms in total. The Kier molecular flexibility index (Phi) is 4.58. The molecule has 0 aromatic rings. The van der Waals surface area contributed by atoms with Gasteiger partial charge in [-0.2, -0.15) is 0 Å². The van der Waals surface area contributed by atoms with Crippen molar-refractivity contribution in [2.24, 2.45) is 0 Å². The van der Waals surface area contributed by atoms with E-state index >= 15 is 0 Å². The second kappa shape index (κ2) is 5.99. The summed E-state index contributed by atoms with van der Waals surface area (Å²) in [6, 6.07) is -0.0817. The van der Waals surface area contributed by atoms with Gasteiger partial charge in [-0.3, -0.25) is 19.4 Å². The zero-order valence-electron chi connectivity index (χ0n) is 10.3. The molecule has 0 aromatic heterocycles. The third-order valence-corrected chi connectivity index (χ3v) is 4.15. The highest BCUT2D eigenvalue weighted by molar-refractivity contribution is 8.14. The van der Waals surface area contributed by atoms with Crippen molar-refractivity contribution < 1.29 is 18.7 Å².